The second kappa shape index (κ2) is 4.84. The van der Waals surface area contributed by atoms with Crippen LogP contribution in [0.2, 0.25) is 0 Å². The Hall–Kier alpha value is -1.07. The molecule has 1 fully saturated rings. The monoisotopic (exact) mass is 225 g/mol. The largest absolute Gasteiger partial charge is 0.484 e. The molecule has 0 spiro atoms. The van der Waals surface area contributed by atoms with Gasteiger partial charge in [0, 0.05) is 26.1 Å². The number of aromatic nitrogens is 2. The minimum Gasteiger partial charge on any atom is -0.484 e. The minimum atomic E-state index is 0.140. The first-order chi connectivity index (χ1) is 7.74. The lowest BCUT2D eigenvalue weighted by Gasteiger charge is -2.43. The smallest absolute Gasteiger partial charge is 0.157 e. The Labute approximate surface area is 95.7 Å². The van der Waals surface area contributed by atoms with E-state index in [2.05, 4.69) is 10.4 Å². The molecule has 90 valence electrons. The highest BCUT2D eigenvalue weighted by atomic mass is 16.5. The van der Waals surface area contributed by atoms with Gasteiger partial charge in [-0.15, -0.1) is 0 Å². The van der Waals surface area contributed by atoms with Gasteiger partial charge in [-0.05, 0) is 14.0 Å². The Bertz CT molecular complexity index is 340. The molecule has 5 nitrogen and oxygen atoms in total. The summed E-state index contributed by atoms with van der Waals surface area (Å²) in [5, 5.41) is 7.30. The third-order valence-electron chi connectivity index (χ3n) is 2.95. The Kier molecular flexibility index (Phi) is 3.46. The molecule has 3 unspecified atom stereocenters. The standard InChI is InChI=1S/C11H19N3O2/c1-4-15-11-9(12-2)5-10(11)16-8-6-13-14(3)7-8/h6-7,9-12H,4-5H2,1-3H3. The number of hydrogen-bond donors (Lipinski definition) is 1. The fourth-order valence-corrected chi connectivity index (χ4v) is 2.03. The van der Waals surface area contributed by atoms with E-state index >= 15 is 0 Å². The first-order valence-corrected chi connectivity index (χ1v) is 5.68. The summed E-state index contributed by atoms with van der Waals surface area (Å²) in [6.07, 6.45) is 4.87. The van der Waals surface area contributed by atoms with Gasteiger partial charge in [0.05, 0.1) is 12.4 Å². The summed E-state index contributed by atoms with van der Waals surface area (Å²) in [4.78, 5) is 0. The Morgan fingerprint density at radius 1 is 1.62 bits per heavy atom. The van der Waals surface area contributed by atoms with E-state index in [0.717, 1.165) is 18.8 Å². The highest BCUT2D eigenvalue weighted by molar-refractivity contribution is 5.14. The molecule has 0 radical (unpaired) electrons. The van der Waals surface area contributed by atoms with Crippen molar-refractivity contribution in [1.82, 2.24) is 15.1 Å². The zero-order valence-electron chi connectivity index (χ0n) is 10.0. The van der Waals surface area contributed by atoms with Gasteiger partial charge in [0.1, 0.15) is 12.2 Å². The maximum Gasteiger partial charge on any atom is 0.157 e. The van der Waals surface area contributed by atoms with Crippen LogP contribution in [0.3, 0.4) is 0 Å². The van der Waals surface area contributed by atoms with Crippen molar-refractivity contribution in [3.63, 3.8) is 0 Å². The zero-order chi connectivity index (χ0) is 11.5. The van der Waals surface area contributed by atoms with Crippen LogP contribution < -0.4 is 10.1 Å². The van der Waals surface area contributed by atoms with E-state index in [1.54, 1.807) is 10.9 Å². The number of rotatable bonds is 5. The van der Waals surface area contributed by atoms with Gasteiger partial charge in [-0.2, -0.15) is 5.10 Å². The van der Waals surface area contributed by atoms with Gasteiger partial charge in [-0.3, -0.25) is 4.68 Å². The maximum atomic E-state index is 5.82. The molecule has 2 rings (SSSR count). The number of likely N-dealkylation sites (N-methyl/N-ethyl adjacent to an activating group) is 1. The molecule has 1 saturated carbocycles. The van der Waals surface area contributed by atoms with Crippen LogP contribution in [0.1, 0.15) is 13.3 Å². The number of nitrogens with one attached hydrogen (secondary N) is 1. The molecule has 3 atom stereocenters. The zero-order valence-corrected chi connectivity index (χ0v) is 10.0. The minimum absolute atomic E-state index is 0.140. The molecule has 1 aliphatic rings. The molecule has 1 aliphatic carbocycles. The van der Waals surface area contributed by atoms with Crippen LogP contribution in [-0.2, 0) is 11.8 Å². The van der Waals surface area contributed by atoms with E-state index in [4.69, 9.17) is 9.47 Å². The van der Waals surface area contributed by atoms with Gasteiger partial charge in [0.2, 0.25) is 0 Å². The Morgan fingerprint density at radius 2 is 2.44 bits per heavy atom. The number of aryl methyl sites for hydroxylation is 1. The average molecular weight is 225 g/mol. The lowest BCUT2D eigenvalue weighted by Crippen LogP contribution is -2.60. The summed E-state index contributed by atoms with van der Waals surface area (Å²) in [6, 6.07) is 0.404. The highest BCUT2D eigenvalue weighted by Crippen LogP contribution is 2.28. The van der Waals surface area contributed by atoms with Gasteiger partial charge in [0.25, 0.3) is 0 Å². The van der Waals surface area contributed by atoms with Crippen molar-refractivity contribution in [1.29, 1.82) is 0 Å². The van der Waals surface area contributed by atoms with Crippen molar-refractivity contribution >= 4 is 0 Å². The van der Waals surface area contributed by atoms with Crippen LogP contribution in [-0.4, -0.2) is 41.7 Å². The van der Waals surface area contributed by atoms with Gasteiger partial charge in [-0.1, -0.05) is 0 Å². The number of ether oxygens (including phenoxy) is 2. The predicted molar refractivity (Wildman–Crippen MR) is 60.5 cm³/mol. The van der Waals surface area contributed by atoms with Gasteiger partial charge < -0.3 is 14.8 Å². The summed E-state index contributed by atoms with van der Waals surface area (Å²) < 4.78 is 13.2. The predicted octanol–water partition coefficient (Wildman–Crippen LogP) is 0.564. The summed E-state index contributed by atoms with van der Waals surface area (Å²) in [5.41, 5.74) is 0. The molecule has 0 aromatic carbocycles. The van der Waals surface area contributed by atoms with E-state index in [-0.39, 0.29) is 12.2 Å². The third-order valence-corrected chi connectivity index (χ3v) is 2.95. The van der Waals surface area contributed by atoms with Crippen molar-refractivity contribution in [3.05, 3.63) is 12.4 Å². The Balaban J connectivity index is 1.90. The molecule has 1 aromatic heterocycles. The van der Waals surface area contributed by atoms with Crippen LogP contribution in [0.15, 0.2) is 12.4 Å². The van der Waals surface area contributed by atoms with Gasteiger partial charge in [-0.25, -0.2) is 0 Å². The molecule has 0 aliphatic heterocycles. The van der Waals surface area contributed by atoms with Crippen molar-refractivity contribution in [3.8, 4) is 5.75 Å². The molecule has 16 heavy (non-hydrogen) atoms. The molecular formula is C11H19N3O2. The van der Waals surface area contributed by atoms with Gasteiger partial charge in [0.15, 0.2) is 5.75 Å². The normalized spacial score (nSPS) is 28.8. The maximum absolute atomic E-state index is 5.82. The van der Waals surface area contributed by atoms with E-state index in [1.165, 1.54) is 0 Å². The van der Waals surface area contributed by atoms with Crippen LogP contribution in [0.4, 0.5) is 0 Å². The van der Waals surface area contributed by atoms with E-state index in [0.29, 0.717) is 6.04 Å². The van der Waals surface area contributed by atoms with Crippen molar-refractivity contribution < 1.29 is 9.47 Å². The second-order valence-electron chi connectivity index (χ2n) is 4.06. The quantitative estimate of drug-likeness (QED) is 0.795. The molecular weight excluding hydrogens is 206 g/mol. The molecule has 0 saturated heterocycles. The van der Waals surface area contributed by atoms with Crippen molar-refractivity contribution in [2.45, 2.75) is 31.6 Å². The summed E-state index contributed by atoms with van der Waals surface area (Å²) in [7, 11) is 3.83. The average Bonchev–Trinajstić information content (AvgIpc) is 2.66. The fourth-order valence-electron chi connectivity index (χ4n) is 2.03. The highest BCUT2D eigenvalue weighted by Gasteiger charge is 2.42. The lowest BCUT2D eigenvalue weighted by atomic mass is 9.85. The number of hydrogen-bond acceptors (Lipinski definition) is 4. The molecule has 1 heterocycles. The molecule has 1 N–H and O–H groups in total. The van der Waals surface area contributed by atoms with E-state index in [9.17, 15) is 0 Å². The molecule has 0 bridgehead atoms. The first kappa shape index (κ1) is 11.4. The van der Waals surface area contributed by atoms with Crippen LogP contribution in [0.25, 0.3) is 0 Å². The fraction of sp³-hybridized carbons (Fsp3) is 0.727. The van der Waals surface area contributed by atoms with Crippen molar-refractivity contribution in [2.24, 2.45) is 7.05 Å². The lowest BCUT2D eigenvalue weighted by molar-refractivity contribution is -0.103. The summed E-state index contributed by atoms with van der Waals surface area (Å²) >= 11 is 0. The first-order valence-electron chi connectivity index (χ1n) is 5.68. The van der Waals surface area contributed by atoms with E-state index in [1.807, 2.05) is 27.2 Å². The Morgan fingerprint density at radius 3 is 3.00 bits per heavy atom. The van der Waals surface area contributed by atoms with Crippen LogP contribution in [0.5, 0.6) is 5.75 Å². The topological polar surface area (TPSA) is 48.3 Å². The molecule has 0 amide bonds. The van der Waals surface area contributed by atoms with Crippen LogP contribution in [0, 0.1) is 0 Å². The van der Waals surface area contributed by atoms with Gasteiger partial charge >= 0.3 is 0 Å². The second-order valence-corrected chi connectivity index (χ2v) is 4.06. The SMILES string of the molecule is CCOC1C(NC)CC1Oc1cnn(C)c1. The van der Waals surface area contributed by atoms with Crippen molar-refractivity contribution in [2.75, 3.05) is 13.7 Å². The summed E-state index contributed by atoms with van der Waals surface area (Å²) in [5.74, 6) is 0.812. The molecule has 1 aromatic rings. The summed E-state index contributed by atoms with van der Waals surface area (Å²) in [6.45, 7) is 2.72. The molecule has 5 heteroatoms. The number of nitrogens with zero attached hydrogens (tertiary/aromatic N) is 2. The third kappa shape index (κ3) is 2.20. The van der Waals surface area contributed by atoms with E-state index < -0.39 is 0 Å². The van der Waals surface area contributed by atoms with Crippen LogP contribution >= 0.6 is 0 Å².